The van der Waals surface area contributed by atoms with Crippen LogP contribution in [0.15, 0.2) is 54.6 Å². The number of morpholine rings is 1. The van der Waals surface area contributed by atoms with Crippen molar-refractivity contribution in [3.05, 3.63) is 60.2 Å². The Hall–Kier alpha value is -2.81. The van der Waals surface area contributed by atoms with Crippen molar-refractivity contribution < 1.29 is 4.74 Å². The molecule has 0 atom stereocenters. The van der Waals surface area contributed by atoms with E-state index in [-0.39, 0.29) is 12.4 Å². The minimum Gasteiger partial charge on any atom is -0.378 e. The SMILES string of the molecule is Cl.N#Cc1cccc(-c2cc(-c3ccc(N4CCOCC4)cc3)n[nH]2)c1. The van der Waals surface area contributed by atoms with E-state index in [0.29, 0.717) is 5.56 Å². The molecule has 0 saturated carbocycles. The largest absolute Gasteiger partial charge is 0.378 e. The first-order chi connectivity index (χ1) is 12.3. The Bertz CT molecular complexity index is 908. The van der Waals surface area contributed by atoms with E-state index in [1.54, 1.807) is 6.07 Å². The van der Waals surface area contributed by atoms with E-state index >= 15 is 0 Å². The number of anilines is 1. The molecule has 5 nitrogen and oxygen atoms in total. The van der Waals surface area contributed by atoms with E-state index in [0.717, 1.165) is 48.8 Å². The lowest BCUT2D eigenvalue weighted by Crippen LogP contribution is -2.36. The molecule has 1 aromatic heterocycles. The van der Waals surface area contributed by atoms with Gasteiger partial charge in [0.25, 0.3) is 0 Å². The first-order valence-electron chi connectivity index (χ1n) is 8.32. The molecule has 1 N–H and O–H groups in total. The Morgan fingerprint density at radius 1 is 1.00 bits per heavy atom. The predicted octanol–water partition coefficient (Wildman–Crippen LogP) is 3.87. The second-order valence-corrected chi connectivity index (χ2v) is 6.01. The van der Waals surface area contributed by atoms with Crippen molar-refractivity contribution in [3.63, 3.8) is 0 Å². The third kappa shape index (κ3) is 3.72. The Morgan fingerprint density at radius 2 is 1.77 bits per heavy atom. The molecule has 6 heteroatoms. The Labute approximate surface area is 158 Å². The van der Waals surface area contributed by atoms with Gasteiger partial charge in [-0.2, -0.15) is 10.4 Å². The summed E-state index contributed by atoms with van der Waals surface area (Å²) in [6, 6.07) is 20.1. The number of halogens is 1. The average Bonchev–Trinajstić information content (AvgIpc) is 3.19. The summed E-state index contributed by atoms with van der Waals surface area (Å²) in [4.78, 5) is 2.33. The summed E-state index contributed by atoms with van der Waals surface area (Å²) < 4.78 is 5.40. The summed E-state index contributed by atoms with van der Waals surface area (Å²) >= 11 is 0. The quantitative estimate of drug-likeness (QED) is 0.764. The van der Waals surface area contributed by atoms with Gasteiger partial charge in [-0.3, -0.25) is 5.10 Å². The van der Waals surface area contributed by atoms with Gasteiger partial charge >= 0.3 is 0 Å². The van der Waals surface area contributed by atoms with Gasteiger partial charge in [0.1, 0.15) is 0 Å². The highest BCUT2D eigenvalue weighted by atomic mass is 35.5. The van der Waals surface area contributed by atoms with Crippen LogP contribution >= 0.6 is 12.4 Å². The highest BCUT2D eigenvalue weighted by molar-refractivity contribution is 5.85. The molecule has 1 aliphatic heterocycles. The van der Waals surface area contributed by atoms with Crippen LogP contribution in [0, 0.1) is 11.3 Å². The van der Waals surface area contributed by atoms with Crippen molar-refractivity contribution >= 4 is 18.1 Å². The van der Waals surface area contributed by atoms with E-state index < -0.39 is 0 Å². The minimum absolute atomic E-state index is 0. The van der Waals surface area contributed by atoms with Gasteiger partial charge in [-0.25, -0.2) is 0 Å². The molecule has 2 aromatic carbocycles. The molecule has 4 rings (SSSR count). The van der Waals surface area contributed by atoms with Gasteiger partial charge in [0, 0.05) is 29.9 Å². The van der Waals surface area contributed by atoms with Crippen molar-refractivity contribution in [3.8, 4) is 28.6 Å². The molecule has 0 amide bonds. The fourth-order valence-electron chi connectivity index (χ4n) is 3.04. The number of hydrogen-bond acceptors (Lipinski definition) is 4. The number of aromatic nitrogens is 2. The van der Waals surface area contributed by atoms with E-state index in [1.807, 2.05) is 24.3 Å². The van der Waals surface area contributed by atoms with Crippen LogP contribution in [-0.2, 0) is 4.74 Å². The maximum Gasteiger partial charge on any atom is 0.0991 e. The van der Waals surface area contributed by atoms with Gasteiger partial charge in [0.05, 0.1) is 36.2 Å². The van der Waals surface area contributed by atoms with Gasteiger partial charge in [-0.1, -0.05) is 24.3 Å². The van der Waals surface area contributed by atoms with Gasteiger partial charge in [-0.15, -0.1) is 12.4 Å². The summed E-state index contributed by atoms with van der Waals surface area (Å²) in [7, 11) is 0. The zero-order valence-electron chi connectivity index (χ0n) is 14.2. The summed E-state index contributed by atoms with van der Waals surface area (Å²) in [6.07, 6.45) is 0. The van der Waals surface area contributed by atoms with Crippen LogP contribution in [0.5, 0.6) is 0 Å². The molecule has 1 saturated heterocycles. The zero-order chi connectivity index (χ0) is 17.1. The third-order valence-electron chi connectivity index (χ3n) is 4.42. The van der Waals surface area contributed by atoms with Crippen molar-refractivity contribution in [1.82, 2.24) is 10.2 Å². The molecule has 0 aliphatic carbocycles. The molecule has 132 valence electrons. The van der Waals surface area contributed by atoms with E-state index in [2.05, 4.69) is 45.4 Å². The minimum atomic E-state index is 0. The van der Waals surface area contributed by atoms with Crippen LogP contribution in [0.4, 0.5) is 5.69 Å². The lowest BCUT2D eigenvalue weighted by Gasteiger charge is -2.28. The van der Waals surface area contributed by atoms with Crippen LogP contribution in [0.3, 0.4) is 0 Å². The topological polar surface area (TPSA) is 64.9 Å². The van der Waals surface area contributed by atoms with Crippen LogP contribution in [0.25, 0.3) is 22.5 Å². The lowest BCUT2D eigenvalue weighted by atomic mass is 10.1. The van der Waals surface area contributed by atoms with E-state index in [1.165, 1.54) is 5.69 Å². The molecule has 26 heavy (non-hydrogen) atoms. The van der Waals surface area contributed by atoms with Crippen molar-refractivity contribution in [2.24, 2.45) is 0 Å². The number of nitrogens with one attached hydrogen (secondary N) is 1. The predicted molar refractivity (Wildman–Crippen MR) is 104 cm³/mol. The summed E-state index contributed by atoms with van der Waals surface area (Å²) in [5, 5.41) is 16.5. The highest BCUT2D eigenvalue weighted by Crippen LogP contribution is 2.26. The first-order valence-corrected chi connectivity index (χ1v) is 8.32. The molecule has 0 bridgehead atoms. The van der Waals surface area contributed by atoms with Crippen LogP contribution in [0.1, 0.15) is 5.56 Å². The standard InChI is InChI=1S/C20H18N4O.ClH/c21-14-15-2-1-3-17(12-15)20-13-19(22-23-20)16-4-6-18(7-5-16)24-8-10-25-11-9-24;/h1-7,12-13H,8-11H2,(H,22,23);1H. The molecule has 2 heterocycles. The van der Waals surface area contributed by atoms with Crippen LogP contribution < -0.4 is 4.90 Å². The average molecular weight is 367 g/mol. The summed E-state index contributed by atoms with van der Waals surface area (Å²) in [5.41, 5.74) is 5.68. The Morgan fingerprint density at radius 3 is 2.50 bits per heavy atom. The number of hydrogen-bond donors (Lipinski definition) is 1. The van der Waals surface area contributed by atoms with Gasteiger partial charge in [-0.05, 0) is 30.3 Å². The number of benzene rings is 2. The van der Waals surface area contributed by atoms with Gasteiger partial charge in [0.2, 0.25) is 0 Å². The number of ether oxygens (including phenoxy) is 1. The van der Waals surface area contributed by atoms with E-state index in [9.17, 15) is 0 Å². The van der Waals surface area contributed by atoms with Crippen LogP contribution in [0.2, 0.25) is 0 Å². The highest BCUT2D eigenvalue weighted by Gasteiger charge is 2.12. The summed E-state index contributed by atoms with van der Waals surface area (Å²) in [6.45, 7) is 3.43. The number of H-pyrrole nitrogens is 1. The van der Waals surface area contributed by atoms with Crippen molar-refractivity contribution in [2.75, 3.05) is 31.2 Å². The maximum atomic E-state index is 9.04. The first kappa shape index (κ1) is 18.0. The molecule has 1 fully saturated rings. The molecule has 3 aromatic rings. The van der Waals surface area contributed by atoms with Crippen molar-refractivity contribution in [2.45, 2.75) is 0 Å². The fourth-order valence-corrected chi connectivity index (χ4v) is 3.04. The third-order valence-corrected chi connectivity index (χ3v) is 4.42. The second kappa shape index (κ2) is 8.05. The molecule has 0 spiro atoms. The molecule has 0 unspecified atom stereocenters. The molecule has 1 aliphatic rings. The maximum absolute atomic E-state index is 9.04. The number of rotatable bonds is 3. The monoisotopic (exact) mass is 366 g/mol. The van der Waals surface area contributed by atoms with Crippen LogP contribution in [-0.4, -0.2) is 36.5 Å². The lowest BCUT2D eigenvalue weighted by molar-refractivity contribution is 0.122. The zero-order valence-corrected chi connectivity index (χ0v) is 15.0. The number of nitriles is 1. The molecular weight excluding hydrogens is 348 g/mol. The molecular formula is C20H19ClN4O. The second-order valence-electron chi connectivity index (χ2n) is 6.01. The van der Waals surface area contributed by atoms with Gasteiger partial charge in [0.15, 0.2) is 0 Å². The number of nitrogens with zero attached hydrogens (tertiary/aromatic N) is 3. The smallest absolute Gasteiger partial charge is 0.0991 e. The van der Waals surface area contributed by atoms with Gasteiger partial charge < -0.3 is 9.64 Å². The Balaban J connectivity index is 0.00000196. The number of aromatic amines is 1. The Kier molecular flexibility index (Phi) is 5.57. The summed E-state index contributed by atoms with van der Waals surface area (Å²) in [5.74, 6) is 0. The van der Waals surface area contributed by atoms with Crippen molar-refractivity contribution in [1.29, 1.82) is 5.26 Å². The van der Waals surface area contributed by atoms with E-state index in [4.69, 9.17) is 10.00 Å². The fraction of sp³-hybridized carbons (Fsp3) is 0.200. The molecule has 0 radical (unpaired) electrons. The normalized spacial score (nSPS) is 13.7.